The number of allylic oxidation sites excluding steroid dienone is 1. The summed E-state index contributed by atoms with van der Waals surface area (Å²) in [7, 11) is 3.87. The van der Waals surface area contributed by atoms with Gasteiger partial charge in [0.05, 0.1) is 0 Å². The number of aromatic nitrogens is 2. The third kappa shape index (κ3) is 5.51. The Labute approximate surface area is 189 Å². The molecule has 0 bridgehead atoms. The molecule has 32 heavy (non-hydrogen) atoms. The second-order valence-corrected chi connectivity index (χ2v) is 9.06. The molecule has 7 heteroatoms. The molecule has 2 aliphatic heterocycles. The molecule has 1 amide bonds. The zero-order valence-corrected chi connectivity index (χ0v) is 19.0. The number of hydrogen-bond acceptors (Lipinski definition) is 5. The van der Waals surface area contributed by atoms with E-state index in [1.54, 1.807) is 12.1 Å². The van der Waals surface area contributed by atoms with E-state index in [1.807, 2.05) is 36.3 Å². The zero-order chi connectivity index (χ0) is 22.5. The van der Waals surface area contributed by atoms with Gasteiger partial charge in [0.1, 0.15) is 5.82 Å². The Morgan fingerprint density at radius 2 is 1.69 bits per heavy atom. The maximum absolute atomic E-state index is 13.4. The smallest absolute Gasteiger partial charge is 0.226 e. The lowest BCUT2D eigenvalue weighted by Crippen LogP contribution is -2.42. The van der Waals surface area contributed by atoms with Gasteiger partial charge >= 0.3 is 0 Å². The Morgan fingerprint density at radius 1 is 1.00 bits per heavy atom. The van der Waals surface area contributed by atoms with Crippen molar-refractivity contribution in [3.63, 3.8) is 0 Å². The van der Waals surface area contributed by atoms with Crippen LogP contribution in [0.5, 0.6) is 0 Å². The number of halogens is 1. The van der Waals surface area contributed by atoms with Gasteiger partial charge in [-0.05, 0) is 56.0 Å². The number of hydrogen-bond donors (Lipinski definition) is 0. The molecule has 1 atom stereocenters. The van der Waals surface area contributed by atoms with Crippen molar-refractivity contribution in [1.29, 1.82) is 0 Å². The standard InChI is InChI=1S/C25H32FN5O/c1-29(2)25-27-15-20(16-28-25)17-30-13-10-21(11-14-30)23-5-3-4-12-31(24(23)32)18-19-6-8-22(26)9-7-19/h3-4,6-9,15-16,21,23H,5,10-14,17-18H2,1-2H3/t23-/m0/s1. The number of piperidine rings is 1. The molecule has 1 saturated heterocycles. The summed E-state index contributed by atoms with van der Waals surface area (Å²) in [5.41, 5.74) is 2.08. The third-order valence-corrected chi connectivity index (χ3v) is 6.50. The number of amides is 1. The van der Waals surface area contributed by atoms with Crippen LogP contribution in [0.2, 0.25) is 0 Å². The maximum atomic E-state index is 13.4. The molecular weight excluding hydrogens is 405 g/mol. The van der Waals surface area contributed by atoms with E-state index in [1.165, 1.54) is 12.1 Å². The van der Waals surface area contributed by atoms with Crippen molar-refractivity contribution < 1.29 is 9.18 Å². The minimum Gasteiger partial charge on any atom is -0.347 e. The minimum atomic E-state index is -0.249. The summed E-state index contributed by atoms with van der Waals surface area (Å²) in [5, 5.41) is 0. The topological polar surface area (TPSA) is 52.6 Å². The first-order valence-electron chi connectivity index (χ1n) is 11.4. The molecule has 0 N–H and O–H groups in total. The number of nitrogens with zero attached hydrogens (tertiary/aromatic N) is 5. The molecule has 0 unspecified atom stereocenters. The Hall–Kier alpha value is -2.80. The molecule has 1 aromatic heterocycles. The average Bonchev–Trinajstić information content (AvgIpc) is 2.98. The van der Waals surface area contributed by atoms with Crippen molar-refractivity contribution in [2.24, 2.45) is 11.8 Å². The van der Waals surface area contributed by atoms with E-state index in [9.17, 15) is 9.18 Å². The molecule has 0 radical (unpaired) electrons. The van der Waals surface area contributed by atoms with Crippen LogP contribution < -0.4 is 4.90 Å². The normalized spacial score (nSPS) is 20.4. The van der Waals surface area contributed by atoms with E-state index in [-0.39, 0.29) is 17.6 Å². The molecule has 0 spiro atoms. The van der Waals surface area contributed by atoms with Crippen LogP contribution >= 0.6 is 0 Å². The maximum Gasteiger partial charge on any atom is 0.226 e. The average molecular weight is 438 g/mol. The molecule has 1 aromatic carbocycles. The van der Waals surface area contributed by atoms with Crippen LogP contribution in [-0.4, -0.2) is 59.4 Å². The fraction of sp³-hybridized carbons (Fsp3) is 0.480. The number of benzene rings is 1. The van der Waals surface area contributed by atoms with E-state index in [0.29, 0.717) is 19.0 Å². The van der Waals surface area contributed by atoms with Gasteiger partial charge in [-0.2, -0.15) is 0 Å². The van der Waals surface area contributed by atoms with Crippen LogP contribution in [0.1, 0.15) is 30.4 Å². The highest BCUT2D eigenvalue weighted by molar-refractivity contribution is 5.80. The Balaban J connectivity index is 1.33. The molecule has 0 aliphatic carbocycles. The minimum absolute atomic E-state index is 0.0269. The van der Waals surface area contributed by atoms with Crippen LogP contribution in [0.15, 0.2) is 48.8 Å². The summed E-state index contributed by atoms with van der Waals surface area (Å²) in [6.07, 6.45) is 10.9. The van der Waals surface area contributed by atoms with E-state index >= 15 is 0 Å². The van der Waals surface area contributed by atoms with Gasteiger partial charge in [0.15, 0.2) is 0 Å². The summed E-state index contributed by atoms with van der Waals surface area (Å²) in [5.74, 6) is 1.12. The summed E-state index contributed by atoms with van der Waals surface area (Å²) >= 11 is 0. The zero-order valence-electron chi connectivity index (χ0n) is 19.0. The third-order valence-electron chi connectivity index (χ3n) is 6.50. The van der Waals surface area contributed by atoms with Gasteiger partial charge in [-0.3, -0.25) is 9.69 Å². The molecule has 1 fully saturated rings. The fourth-order valence-electron chi connectivity index (χ4n) is 4.65. The van der Waals surface area contributed by atoms with E-state index < -0.39 is 0 Å². The SMILES string of the molecule is CN(C)c1ncc(CN2CCC([C@@H]3CC=CCN(Cc4ccc(F)cc4)C3=O)CC2)cn1. The Kier molecular flexibility index (Phi) is 7.15. The predicted molar refractivity (Wildman–Crippen MR) is 123 cm³/mol. The summed E-state index contributed by atoms with van der Waals surface area (Å²) in [6, 6.07) is 6.44. The van der Waals surface area contributed by atoms with E-state index in [4.69, 9.17) is 0 Å². The number of rotatable bonds is 6. The first-order valence-corrected chi connectivity index (χ1v) is 11.4. The van der Waals surface area contributed by atoms with Gasteiger partial charge in [0.2, 0.25) is 11.9 Å². The number of likely N-dealkylation sites (tertiary alicyclic amines) is 1. The molecule has 4 rings (SSSR count). The van der Waals surface area contributed by atoms with Crippen LogP contribution in [-0.2, 0) is 17.9 Å². The van der Waals surface area contributed by atoms with Gasteiger partial charge in [-0.1, -0.05) is 24.3 Å². The number of anilines is 1. The molecule has 0 saturated carbocycles. The van der Waals surface area contributed by atoms with Crippen LogP contribution in [0.25, 0.3) is 0 Å². The van der Waals surface area contributed by atoms with Gasteiger partial charge in [-0.25, -0.2) is 14.4 Å². The first kappa shape index (κ1) is 22.4. The molecule has 170 valence electrons. The van der Waals surface area contributed by atoms with Crippen LogP contribution in [0.4, 0.5) is 10.3 Å². The highest BCUT2D eigenvalue weighted by atomic mass is 19.1. The van der Waals surface area contributed by atoms with Gasteiger partial charge in [0.25, 0.3) is 0 Å². The Morgan fingerprint density at radius 3 is 2.34 bits per heavy atom. The molecule has 3 heterocycles. The van der Waals surface area contributed by atoms with Crippen molar-refractivity contribution in [3.05, 3.63) is 65.8 Å². The summed E-state index contributed by atoms with van der Waals surface area (Å²) < 4.78 is 13.2. The second kappa shape index (κ2) is 10.2. The molecule has 2 aromatic rings. The quantitative estimate of drug-likeness (QED) is 0.648. The number of carbonyl (C=O) groups excluding carboxylic acids is 1. The largest absolute Gasteiger partial charge is 0.347 e. The summed E-state index contributed by atoms with van der Waals surface area (Å²) in [4.78, 5) is 28.4. The van der Waals surface area contributed by atoms with Crippen molar-refractivity contribution in [3.8, 4) is 0 Å². The first-order chi connectivity index (χ1) is 15.5. The van der Waals surface area contributed by atoms with Crippen molar-refractivity contribution in [1.82, 2.24) is 19.8 Å². The highest BCUT2D eigenvalue weighted by Gasteiger charge is 2.34. The van der Waals surface area contributed by atoms with Crippen molar-refractivity contribution >= 4 is 11.9 Å². The van der Waals surface area contributed by atoms with Crippen molar-refractivity contribution in [2.75, 3.05) is 38.6 Å². The van der Waals surface area contributed by atoms with Crippen molar-refractivity contribution in [2.45, 2.75) is 32.4 Å². The van der Waals surface area contributed by atoms with Crippen LogP contribution in [0, 0.1) is 17.7 Å². The predicted octanol–water partition coefficient (Wildman–Crippen LogP) is 3.50. The van der Waals surface area contributed by atoms with Gasteiger partial charge < -0.3 is 9.80 Å². The fourth-order valence-corrected chi connectivity index (χ4v) is 4.65. The molecular formula is C25H32FN5O. The Bertz CT molecular complexity index is 920. The lowest BCUT2D eigenvalue weighted by Gasteiger charge is -2.36. The van der Waals surface area contributed by atoms with E-state index in [0.717, 1.165) is 56.0 Å². The van der Waals surface area contributed by atoms with Gasteiger partial charge in [-0.15, -0.1) is 0 Å². The lowest BCUT2D eigenvalue weighted by atomic mass is 9.81. The molecule has 6 nitrogen and oxygen atoms in total. The lowest BCUT2D eigenvalue weighted by molar-refractivity contribution is -0.137. The van der Waals surface area contributed by atoms with Crippen LogP contribution in [0.3, 0.4) is 0 Å². The highest BCUT2D eigenvalue weighted by Crippen LogP contribution is 2.31. The molecule has 2 aliphatic rings. The van der Waals surface area contributed by atoms with E-state index in [2.05, 4.69) is 27.0 Å². The monoisotopic (exact) mass is 437 g/mol. The summed E-state index contributed by atoms with van der Waals surface area (Å²) in [6.45, 7) is 3.95. The second-order valence-electron chi connectivity index (χ2n) is 9.06. The van der Waals surface area contributed by atoms with Gasteiger partial charge in [0, 0.05) is 57.6 Å². The number of carbonyl (C=O) groups is 1.